The van der Waals surface area contributed by atoms with E-state index < -0.39 is 17.6 Å². The van der Waals surface area contributed by atoms with Crippen molar-refractivity contribution in [2.24, 2.45) is 0 Å². The number of hydrogen-bond acceptors (Lipinski definition) is 4. The molecule has 0 N–H and O–H groups in total. The number of rotatable bonds is 4. The molecule has 0 radical (unpaired) electrons. The van der Waals surface area contributed by atoms with Crippen LogP contribution in [-0.4, -0.2) is 16.7 Å². The lowest BCUT2D eigenvalue weighted by Crippen LogP contribution is -2.25. The highest BCUT2D eigenvalue weighted by molar-refractivity contribution is 7.17. The third-order valence-corrected chi connectivity index (χ3v) is 4.79. The van der Waals surface area contributed by atoms with Gasteiger partial charge in [0, 0.05) is 12.5 Å². The Bertz CT molecular complexity index is 967. The topological polar surface area (TPSA) is 50.3 Å². The van der Waals surface area contributed by atoms with E-state index >= 15 is 0 Å². The average molecular weight is 390 g/mol. The second kappa shape index (κ2) is 7.32. The summed E-state index contributed by atoms with van der Waals surface area (Å²) in [5.41, 5.74) is -0.250. The number of amides is 1. The molecule has 8 heteroatoms. The maximum atomic E-state index is 13.0. The van der Waals surface area contributed by atoms with Crippen molar-refractivity contribution in [2.75, 3.05) is 4.90 Å². The Kier molecular flexibility index (Phi) is 5.09. The molecule has 0 aliphatic heterocycles. The van der Waals surface area contributed by atoms with Gasteiger partial charge in [0.1, 0.15) is 0 Å². The molecule has 0 bridgehead atoms. The second-order valence-corrected chi connectivity index (χ2v) is 6.62. The Morgan fingerprint density at radius 3 is 2.15 bits per heavy atom. The highest BCUT2D eigenvalue weighted by atomic mass is 32.1. The normalized spacial score (nSPS) is 11.3. The number of nitrogens with zero attached hydrogens (tertiary/aromatic N) is 2. The molecular formula is C19H13F3N2O2S. The Balaban J connectivity index is 2.06. The van der Waals surface area contributed by atoms with Gasteiger partial charge in [-0.3, -0.25) is 14.5 Å². The molecule has 0 fully saturated rings. The number of thiazole rings is 1. The van der Waals surface area contributed by atoms with Gasteiger partial charge in [-0.2, -0.15) is 13.2 Å². The molecule has 4 nitrogen and oxygen atoms in total. The van der Waals surface area contributed by atoms with Crippen molar-refractivity contribution in [1.29, 1.82) is 0 Å². The molecule has 2 aromatic carbocycles. The van der Waals surface area contributed by atoms with Crippen LogP contribution in [0.1, 0.15) is 32.5 Å². The summed E-state index contributed by atoms with van der Waals surface area (Å²) in [7, 11) is 0. The van der Waals surface area contributed by atoms with Crippen molar-refractivity contribution in [1.82, 2.24) is 4.98 Å². The molecule has 0 aliphatic carbocycles. The quantitative estimate of drug-likeness (QED) is 0.565. The van der Waals surface area contributed by atoms with Crippen LogP contribution >= 0.6 is 11.3 Å². The van der Waals surface area contributed by atoms with Crippen LogP contribution in [0.2, 0.25) is 0 Å². The summed E-state index contributed by atoms with van der Waals surface area (Å²) in [6, 6.07) is 12.5. The zero-order chi connectivity index (χ0) is 19.6. The minimum Gasteiger partial charge on any atom is -0.294 e. The van der Waals surface area contributed by atoms with Crippen molar-refractivity contribution < 1.29 is 22.8 Å². The van der Waals surface area contributed by atoms with E-state index in [1.807, 2.05) is 0 Å². The van der Waals surface area contributed by atoms with Gasteiger partial charge in [0.05, 0.1) is 22.3 Å². The van der Waals surface area contributed by atoms with Crippen LogP contribution in [0.25, 0.3) is 0 Å². The summed E-state index contributed by atoms with van der Waals surface area (Å²) < 4.78 is 38.5. The summed E-state index contributed by atoms with van der Waals surface area (Å²) >= 11 is 0.999. The molecule has 1 aromatic heterocycles. The van der Waals surface area contributed by atoms with Crippen molar-refractivity contribution in [3.8, 4) is 0 Å². The number of hydrogen-bond donors (Lipinski definition) is 0. The number of alkyl halides is 3. The summed E-state index contributed by atoms with van der Waals surface area (Å²) in [5.74, 6) is -0.668. The van der Waals surface area contributed by atoms with E-state index in [1.54, 1.807) is 30.3 Å². The predicted octanol–water partition coefficient (Wildman–Crippen LogP) is 5.34. The van der Waals surface area contributed by atoms with E-state index in [0.29, 0.717) is 10.4 Å². The number of carbonyl (C=O) groups excluding carboxylic acids is 2. The van der Waals surface area contributed by atoms with Crippen molar-refractivity contribution in [3.05, 3.63) is 76.8 Å². The van der Waals surface area contributed by atoms with Gasteiger partial charge in [0.2, 0.25) is 0 Å². The van der Waals surface area contributed by atoms with Crippen molar-refractivity contribution >= 4 is 33.8 Å². The van der Waals surface area contributed by atoms with Crippen molar-refractivity contribution in [2.45, 2.75) is 13.1 Å². The first-order chi connectivity index (χ1) is 12.8. The minimum atomic E-state index is -4.48. The minimum absolute atomic E-state index is 0.203. The molecule has 0 aliphatic rings. The summed E-state index contributed by atoms with van der Waals surface area (Å²) in [6.45, 7) is 1.37. The van der Waals surface area contributed by atoms with Crippen LogP contribution in [0, 0.1) is 0 Å². The number of aromatic nitrogens is 1. The lowest BCUT2D eigenvalue weighted by molar-refractivity contribution is -0.137. The molecule has 27 heavy (non-hydrogen) atoms. The van der Waals surface area contributed by atoms with Gasteiger partial charge in [0.25, 0.3) is 5.91 Å². The zero-order valence-corrected chi connectivity index (χ0v) is 14.8. The fourth-order valence-corrected chi connectivity index (χ4v) is 3.19. The third-order valence-electron chi connectivity index (χ3n) is 3.71. The fourth-order valence-electron chi connectivity index (χ4n) is 2.35. The number of anilines is 2. The van der Waals surface area contributed by atoms with Crippen LogP contribution in [0.4, 0.5) is 24.0 Å². The largest absolute Gasteiger partial charge is 0.416 e. The van der Waals surface area contributed by atoms with Gasteiger partial charge < -0.3 is 0 Å². The Hall–Kier alpha value is -3.00. The van der Waals surface area contributed by atoms with E-state index in [0.717, 1.165) is 23.5 Å². The van der Waals surface area contributed by atoms with Gasteiger partial charge in [-0.1, -0.05) is 29.5 Å². The highest BCUT2D eigenvalue weighted by Crippen LogP contribution is 2.34. The first-order valence-corrected chi connectivity index (χ1v) is 8.62. The van der Waals surface area contributed by atoms with Gasteiger partial charge in [-0.05, 0) is 36.4 Å². The fraction of sp³-hybridized carbons (Fsp3) is 0.105. The van der Waals surface area contributed by atoms with E-state index in [1.165, 1.54) is 30.2 Å². The number of benzene rings is 2. The maximum Gasteiger partial charge on any atom is 0.416 e. The van der Waals surface area contributed by atoms with Gasteiger partial charge in [0.15, 0.2) is 10.9 Å². The zero-order valence-electron chi connectivity index (χ0n) is 14.0. The monoisotopic (exact) mass is 390 g/mol. The predicted molar refractivity (Wildman–Crippen MR) is 96.5 cm³/mol. The highest BCUT2D eigenvalue weighted by Gasteiger charge is 2.31. The lowest BCUT2D eigenvalue weighted by atomic mass is 10.1. The molecule has 1 heterocycles. The van der Waals surface area contributed by atoms with Crippen molar-refractivity contribution in [3.63, 3.8) is 0 Å². The van der Waals surface area contributed by atoms with Crippen LogP contribution in [-0.2, 0) is 6.18 Å². The van der Waals surface area contributed by atoms with E-state index in [9.17, 15) is 22.8 Å². The first-order valence-electron chi connectivity index (χ1n) is 7.81. The Morgan fingerprint density at radius 1 is 1.00 bits per heavy atom. The van der Waals surface area contributed by atoms with Crippen LogP contribution in [0.3, 0.4) is 0 Å². The van der Waals surface area contributed by atoms with Crippen LogP contribution in [0.5, 0.6) is 0 Å². The standard InChI is InChI=1S/C19H13F3N2O2S/c1-12(25)16-11-23-18(27-16)24(17(26)13-5-3-2-4-6-13)15-9-7-14(8-10-15)19(20,21)22/h2-11H,1H3. The molecule has 3 aromatic rings. The lowest BCUT2D eigenvalue weighted by Gasteiger charge is -2.20. The van der Waals surface area contributed by atoms with Crippen LogP contribution < -0.4 is 4.90 Å². The van der Waals surface area contributed by atoms with Crippen LogP contribution in [0.15, 0.2) is 60.8 Å². The summed E-state index contributed by atoms with van der Waals surface area (Å²) in [4.78, 5) is 30.2. The molecule has 0 unspecified atom stereocenters. The van der Waals surface area contributed by atoms with E-state index in [4.69, 9.17) is 0 Å². The Labute approximate surface area is 156 Å². The molecule has 3 rings (SSSR count). The summed E-state index contributed by atoms with van der Waals surface area (Å²) in [6.07, 6.45) is -3.13. The Morgan fingerprint density at radius 2 is 1.63 bits per heavy atom. The van der Waals surface area contributed by atoms with E-state index in [2.05, 4.69) is 4.98 Å². The molecule has 1 amide bonds. The van der Waals surface area contributed by atoms with E-state index in [-0.39, 0.29) is 16.6 Å². The number of Topliss-reactive ketones (excluding diaryl/α,β-unsaturated/α-hetero) is 1. The average Bonchev–Trinajstić information content (AvgIpc) is 3.12. The SMILES string of the molecule is CC(=O)c1cnc(N(C(=O)c2ccccc2)c2ccc(C(F)(F)F)cc2)s1. The maximum absolute atomic E-state index is 13.0. The molecule has 0 saturated heterocycles. The molecule has 0 spiro atoms. The van der Waals surface area contributed by atoms with Gasteiger partial charge >= 0.3 is 6.18 Å². The van der Waals surface area contributed by atoms with Gasteiger partial charge in [-0.25, -0.2) is 4.98 Å². The molecule has 0 atom stereocenters. The first kappa shape index (κ1) is 18.8. The third kappa shape index (κ3) is 4.06. The number of carbonyl (C=O) groups is 2. The molecule has 138 valence electrons. The number of halogens is 3. The molecular weight excluding hydrogens is 377 g/mol. The second-order valence-electron chi connectivity index (χ2n) is 5.61. The molecule has 0 saturated carbocycles. The van der Waals surface area contributed by atoms with Gasteiger partial charge in [-0.15, -0.1) is 0 Å². The summed E-state index contributed by atoms with van der Waals surface area (Å²) in [5, 5.41) is 0.203. The number of ketones is 1. The smallest absolute Gasteiger partial charge is 0.294 e.